The lowest BCUT2D eigenvalue weighted by molar-refractivity contribution is 0.102. The van der Waals surface area contributed by atoms with Gasteiger partial charge in [0.1, 0.15) is 0 Å². The van der Waals surface area contributed by atoms with Gasteiger partial charge in [0.05, 0.1) is 17.4 Å². The Morgan fingerprint density at radius 1 is 1.50 bits per heavy atom. The van der Waals surface area contributed by atoms with E-state index in [1.807, 2.05) is 0 Å². The molecule has 0 bridgehead atoms. The number of carbonyl (C=O) groups is 1. The number of pyridine rings is 1. The molecule has 7 heteroatoms. The molecule has 0 aromatic carbocycles. The summed E-state index contributed by atoms with van der Waals surface area (Å²) in [6.45, 7) is 1.63. The summed E-state index contributed by atoms with van der Waals surface area (Å²) in [5.74, 6) is -0.0402. The molecule has 0 aliphatic rings. The molecule has 0 atom stereocenters. The van der Waals surface area contributed by atoms with Crippen LogP contribution in [0.4, 0.5) is 11.7 Å². The van der Waals surface area contributed by atoms with Crippen LogP contribution < -0.4 is 11.1 Å². The maximum atomic E-state index is 11.7. The van der Waals surface area contributed by atoms with E-state index >= 15 is 0 Å². The molecule has 0 saturated carbocycles. The van der Waals surface area contributed by atoms with Crippen LogP contribution in [0, 0.1) is 6.92 Å². The molecule has 0 saturated heterocycles. The Morgan fingerprint density at radius 2 is 2.31 bits per heavy atom. The van der Waals surface area contributed by atoms with Crippen molar-refractivity contribution in [2.24, 2.45) is 0 Å². The summed E-state index contributed by atoms with van der Waals surface area (Å²) in [5, 5.41) is 9.65. The summed E-state index contributed by atoms with van der Waals surface area (Å²) in [6, 6.07) is 1.55. The summed E-state index contributed by atoms with van der Waals surface area (Å²) in [7, 11) is 0. The second kappa shape index (κ2) is 3.97. The monoisotopic (exact) mass is 219 g/mol. The molecule has 2 rings (SSSR count). The third-order valence-corrected chi connectivity index (χ3v) is 1.84. The number of nitrogens with two attached hydrogens (primary N) is 1. The minimum atomic E-state index is -0.413. The molecule has 0 fully saturated rings. The van der Waals surface area contributed by atoms with Crippen LogP contribution in [-0.4, -0.2) is 21.1 Å². The molecule has 2 aromatic rings. The zero-order valence-electron chi connectivity index (χ0n) is 8.47. The smallest absolute Gasteiger partial charge is 0.322 e. The van der Waals surface area contributed by atoms with Crippen molar-refractivity contribution in [3.63, 3.8) is 0 Å². The summed E-state index contributed by atoms with van der Waals surface area (Å²) in [6.07, 6.45) is 2.87. The number of anilines is 2. The van der Waals surface area contributed by atoms with Gasteiger partial charge in [-0.15, -0.1) is 5.10 Å². The fraction of sp³-hybridized carbons (Fsp3) is 0.111. The average Bonchev–Trinajstić information content (AvgIpc) is 2.64. The van der Waals surface area contributed by atoms with Gasteiger partial charge in [-0.2, -0.15) is 0 Å². The fourth-order valence-electron chi connectivity index (χ4n) is 1.12. The van der Waals surface area contributed by atoms with Gasteiger partial charge < -0.3 is 10.2 Å². The van der Waals surface area contributed by atoms with Gasteiger partial charge in [-0.25, -0.2) is 0 Å². The molecule has 3 N–H and O–H groups in total. The van der Waals surface area contributed by atoms with Crippen molar-refractivity contribution in [3.8, 4) is 0 Å². The van der Waals surface area contributed by atoms with Crippen LogP contribution in [0.15, 0.2) is 22.9 Å². The quantitative estimate of drug-likeness (QED) is 0.766. The second-order valence-corrected chi connectivity index (χ2v) is 3.04. The van der Waals surface area contributed by atoms with E-state index < -0.39 is 5.91 Å². The highest BCUT2D eigenvalue weighted by Crippen LogP contribution is 2.11. The van der Waals surface area contributed by atoms with E-state index in [0.717, 1.165) is 0 Å². The van der Waals surface area contributed by atoms with Gasteiger partial charge in [-0.1, -0.05) is 5.10 Å². The van der Waals surface area contributed by atoms with Crippen molar-refractivity contribution in [1.82, 2.24) is 15.2 Å². The van der Waals surface area contributed by atoms with Gasteiger partial charge in [0, 0.05) is 13.1 Å². The lowest BCUT2D eigenvalue weighted by Crippen LogP contribution is -2.14. The van der Waals surface area contributed by atoms with Crippen LogP contribution in [0.25, 0.3) is 0 Å². The maximum Gasteiger partial charge on any atom is 0.322 e. The summed E-state index contributed by atoms with van der Waals surface area (Å²) < 4.78 is 5.00. The number of nitrogen functional groups attached to an aromatic ring is 1. The van der Waals surface area contributed by atoms with Gasteiger partial charge in [0.2, 0.25) is 5.89 Å². The Hall–Kier alpha value is -2.44. The Balaban J connectivity index is 2.18. The van der Waals surface area contributed by atoms with E-state index in [0.29, 0.717) is 11.5 Å². The van der Waals surface area contributed by atoms with Crippen molar-refractivity contribution in [2.45, 2.75) is 6.92 Å². The van der Waals surface area contributed by atoms with E-state index in [2.05, 4.69) is 20.5 Å². The van der Waals surface area contributed by atoms with Gasteiger partial charge in [0.25, 0.3) is 5.91 Å². The molecule has 2 aromatic heterocycles. The van der Waals surface area contributed by atoms with Crippen LogP contribution in [0.3, 0.4) is 0 Å². The minimum Gasteiger partial charge on any atom is -0.408 e. The van der Waals surface area contributed by atoms with Crippen LogP contribution >= 0.6 is 0 Å². The second-order valence-electron chi connectivity index (χ2n) is 3.04. The average molecular weight is 219 g/mol. The molecule has 2 heterocycles. The predicted octanol–water partition coefficient (Wildman–Crippen LogP) is 0.608. The van der Waals surface area contributed by atoms with Gasteiger partial charge >= 0.3 is 6.01 Å². The molecule has 0 radical (unpaired) electrons. The number of aromatic nitrogens is 3. The molecule has 82 valence electrons. The lowest BCUT2D eigenvalue weighted by Gasteiger charge is -2.02. The van der Waals surface area contributed by atoms with Gasteiger partial charge in [-0.3, -0.25) is 15.1 Å². The highest BCUT2D eigenvalue weighted by Gasteiger charge is 2.12. The Labute approximate surface area is 90.7 Å². The Morgan fingerprint density at radius 3 is 2.94 bits per heavy atom. The number of nitrogens with zero attached hydrogens (tertiary/aromatic N) is 3. The van der Waals surface area contributed by atoms with Crippen LogP contribution in [0.1, 0.15) is 16.2 Å². The molecule has 0 spiro atoms. The van der Waals surface area contributed by atoms with Gasteiger partial charge in [0.15, 0.2) is 0 Å². The first-order chi connectivity index (χ1) is 7.66. The number of rotatable bonds is 2. The third-order valence-electron chi connectivity index (χ3n) is 1.84. The lowest BCUT2D eigenvalue weighted by atomic mass is 10.2. The number of amides is 1. The third kappa shape index (κ3) is 1.97. The first-order valence-electron chi connectivity index (χ1n) is 4.48. The zero-order chi connectivity index (χ0) is 11.5. The van der Waals surface area contributed by atoms with Crippen LogP contribution in [-0.2, 0) is 0 Å². The summed E-state index contributed by atoms with van der Waals surface area (Å²) >= 11 is 0. The van der Waals surface area contributed by atoms with Crippen molar-refractivity contribution < 1.29 is 9.21 Å². The van der Waals surface area contributed by atoms with Crippen molar-refractivity contribution >= 4 is 17.6 Å². The first-order valence-corrected chi connectivity index (χ1v) is 4.48. The number of carbonyl (C=O) groups excluding carboxylic acids is 1. The molecular weight excluding hydrogens is 210 g/mol. The maximum absolute atomic E-state index is 11.7. The molecule has 0 unspecified atom stereocenters. The van der Waals surface area contributed by atoms with E-state index in [4.69, 9.17) is 10.2 Å². The molecule has 1 amide bonds. The normalized spacial score (nSPS) is 10.1. The zero-order valence-corrected chi connectivity index (χ0v) is 8.47. The van der Waals surface area contributed by atoms with Crippen molar-refractivity contribution in [2.75, 3.05) is 11.1 Å². The topological polar surface area (TPSA) is 107 Å². The van der Waals surface area contributed by atoms with E-state index in [-0.39, 0.29) is 11.7 Å². The minimum absolute atomic E-state index is 0.0405. The first kappa shape index (κ1) is 10.1. The van der Waals surface area contributed by atoms with E-state index in [9.17, 15) is 4.79 Å². The molecule has 0 aliphatic carbocycles. The number of hydrogen-bond acceptors (Lipinski definition) is 6. The van der Waals surface area contributed by atoms with Gasteiger partial charge in [-0.05, 0) is 6.07 Å². The number of hydrogen-bond donors (Lipinski definition) is 2. The van der Waals surface area contributed by atoms with E-state index in [1.165, 1.54) is 18.5 Å². The van der Waals surface area contributed by atoms with Crippen molar-refractivity contribution in [1.29, 1.82) is 0 Å². The van der Waals surface area contributed by atoms with Crippen LogP contribution in [0.5, 0.6) is 0 Å². The fourth-order valence-corrected chi connectivity index (χ4v) is 1.12. The highest BCUT2D eigenvalue weighted by molar-refractivity contribution is 6.06. The number of aryl methyl sites for hydroxylation is 1. The highest BCUT2D eigenvalue weighted by atomic mass is 16.4. The molecule has 16 heavy (non-hydrogen) atoms. The largest absolute Gasteiger partial charge is 0.408 e. The standard InChI is InChI=1S/C9H9N5O2/c1-5-13-14-9(16-5)12-8(15)6-2-3-11-4-7(6)10/h2-4H,10H2,1H3,(H,12,14,15). The Kier molecular flexibility index (Phi) is 2.50. The number of nitrogens with one attached hydrogen (secondary N) is 1. The summed E-state index contributed by atoms with van der Waals surface area (Å²) in [4.78, 5) is 15.5. The predicted molar refractivity (Wildman–Crippen MR) is 55.6 cm³/mol. The molecule has 7 nitrogen and oxygen atoms in total. The van der Waals surface area contributed by atoms with Crippen molar-refractivity contribution in [3.05, 3.63) is 29.9 Å². The molecule has 0 aliphatic heterocycles. The molecular formula is C9H9N5O2. The van der Waals surface area contributed by atoms with E-state index in [1.54, 1.807) is 6.92 Å². The summed E-state index contributed by atoms with van der Waals surface area (Å²) in [5.41, 5.74) is 6.19. The Bertz CT molecular complexity index is 522. The SMILES string of the molecule is Cc1nnc(NC(=O)c2ccncc2N)o1. The van der Waals surface area contributed by atoms with Crippen LogP contribution in [0.2, 0.25) is 0 Å².